The maximum atomic E-state index is 12.8. The molecule has 1 aliphatic heterocycles. The lowest BCUT2D eigenvalue weighted by atomic mass is 9.96. The number of sulfonamides is 1. The van der Waals surface area contributed by atoms with Crippen LogP contribution in [0.5, 0.6) is 0 Å². The fraction of sp³-hybridized carbons (Fsp3) is 0.333. The maximum Gasteiger partial charge on any atom is 0.252 e. The van der Waals surface area contributed by atoms with E-state index in [1.165, 1.54) is 22.3 Å². The first-order valence-electron chi connectivity index (χ1n) is 8.17. The Labute approximate surface area is 146 Å². The Morgan fingerprint density at radius 3 is 2.92 bits per heavy atom. The average molecular weight is 361 g/mol. The second kappa shape index (κ2) is 6.02. The molecule has 1 aromatic carbocycles. The SMILES string of the molecule is Cc1ccc2[nH]c(C3CCCN(S(=O)(=O)c4cccs4)C3)cc2c1. The zero-order valence-corrected chi connectivity index (χ0v) is 15.2. The molecule has 0 spiro atoms. The van der Waals surface area contributed by atoms with Crippen LogP contribution in [0.3, 0.4) is 0 Å². The van der Waals surface area contributed by atoms with E-state index in [9.17, 15) is 8.42 Å². The van der Waals surface area contributed by atoms with Gasteiger partial charge >= 0.3 is 0 Å². The number of piperidine rings is 1. The molecule has 1 saturated heterocycles. The highest BCUT2D eigenvalue weighted by molar-refractivity contribution is 7.91. The summed E-state index contributed by atoms with van der Waals surface area (Å²) in [5.74, 6) is 0.223. The Morgan fingerprint density at radius 2 is 2.12 bits per heavy atom. The van der Waals surface area contributed by atoms with Crippen molar-refractivity contribution in [2.45, 2.75) is 29.9 Å². The van der Waals surface area contributed by atoms with Crippen molar-refractivity contribution in [1.29, 1.82) is 0 Å². The number of hydrogen-bond donors (Lipinski definition) is 1. The first kappa shape index (κ1) is 15.9. The molecule has 3 aromatic rings. The number of H-pyrrole nitrogens is 1. The molecule has 4 nitrogen and oxygen atoms in total. The van der Waals surface area contributed by atoms with E-state index < -0.39 is 10.0 Å². The van der Waals surface area contributed by atoms with Crippen molar-refractivity contribution in [3.63, 3.8) is 0 Å². The predicted molar refractivity (Wildman–Crippen MR) is 98.1 cm³/mol. The Bertz CT molecular complexity index is 958. The number of nitrogens with zero attached hydrogens (tertiary/aromatic N) is 1. The summed E-state index contributed by atoms with van der Waals surface area (Å²) in [6.07, 6.45) is 1.91. The molecule has 6 heteroatoms. The standard InChI is InChI=1S/C18H20N2O2S2/c1-13-6-7-16-15(10-13)11-17(19-16)14-4-2-8-20(12-14)24(21,22)18-5-3-9-23-18/h3,5-7,9-11,14,19H,2,4,8,12H2,1H3. The Kier molecular flexibility index (Phi) is 3.98. The van der Waals surface area contributed by atoms with Crippen molar-refractivity contribution in [3.8, 4) is 0 Å². The zero-order chi connectivity index (χ0) is 16.7. The number of aromatic amines is 1. The molecule has 1 aliphatic rings. The van der Waals surface area contributed by atoms with Gasteiger partial charge in [-0.1, -0.05) is 17.7 Å². The molecule has 24 heavy (non-hydrogen) atoms. The molecule has 1 fully saturated rings. The van der Waals surface area contributed by atoms with Crippen LogP contribution in [0.1, 0.15) is 30.0 Å². The third-order valence-corrected chi connectivity index (χ3v) is 7.95. The number of thiophene rings is 1. The number of aryl methyl sites for hydroxylation is 1. The lowest BCUT2D eigenvalue weighted by Crippen LogP contribution is -2.38. The van der Waals surface area contributed by atoms with Gasteiger partial charge in [-0.3, -0.25) is 0 Å². The summed E-state index contributed by atoms with van der Waals surface area (Å²) in [5.41, 5.74) is 3.49. The first-order chi connectivity index (χ1) is 11.5. The molecule has 0 aliphatic carbocycles. The van der Waals surface area contributed by atoms with Crippen molar-refractivity contribution < 1.29 is 8.42 Å². The van der Waals surface area contributed by atoms with Crippen LogP contribution in [0.2, 0.25) is 0 Å². The molecule has 1 N–H and O–H groups in total. The number of hydrogen-bond acceptors (Lipinski definition) is 3. The second-order valence-corrected chi connectivity index (χ2v) is 9.56. The molecule has 0 radical (unpaired) electrons. The minimum Gasteiger partial charge on any atom is -0.358 e. The molecule has 2 aromatic heterocycles. The summed E-state index contributed by atoms with van der Waals surface area (Å²) in [5, 5.41) is 3.01. The van der Waals surface area contributed by atoms with Crippen LogP contribution >= 0.6 is 11.3 Å². The molecular weight excluding hydrogens is 340 g/mol. The summed E-state index contributed by atoms with van der Waals surface area (Å²) < 4.78 is 27.6. The van der Waals surface area contributed by atoms with Gasteiger partial charge in [-0.05, 0) is 54.8 Å². The Morgan fingerprint density at radius 1 is 1.25 bits per heavy atom. The summed E-state index contributed by atoms with van der Waals surface area (Å²) in [6.45, 7) is 3.24. The van der Waals surface area contributed by atoms with Gasteiger partial charge in [-0.15, -0.1) is 11.3 Å². The van der Waals surface area contributed by atoms with Crippen molar-refractivity contribution in [2.24, 2.45) is 0 Å². The summed E-state index contributed by atoms with van der Waals surface area (Å²) >= 11 is 1.29. The molecule has 3 heterocycles. The molecular formula is C18H20N2O2S2. The smallest absolute Gasteiger partial charge is 0.252 e. The van der Waals surface area contributed by atoms with E-state index in [2.05, 4.69) is 36.2 Å². The van der Waals surface area contributed by atoms with Crippen LogP contribution in [0.4, 0.5) is 0 Å². The van der Waals surface area contributed by atoms with Crippen LogP contribution in [0, 0.1) is 6.92 Å². The van der Waals surface area contributed by atoms with Crippen LogP contribution in [-0.4, -0.2) is 30.8 Å². The van der Waals surface area contributed by atoms with Crippen molar-refractivity contribution in [3.05, 3.63) is 53.0 Å². The van der Waals surface area contributed by atoms with E-state index in [-0.39, 0.29) is 5.92 Å². The third-order valence-electron chi connectivity index (χ3n) is 4.71. The van der Waals surface area contributed by atoms with Gasteiger partial charge in [0.25, 0.3) is 10.0 Å². The average Bonchev–Trinajstić information content (AvgIpc) is 3.24. The minimum atomic E-state index is -3.36. The fourth-order valence-corrected chi connectivity index (χ4v) is 6.11. The monoisotopic (exact) mass is 360 g/mol. The highest BCUT2D eigenvalue weighted by Crippen LogP contribution is 2.32. The van der Waals surface area contributed by atoms with Gasteiger partial charge in [0.2, 0.25) is 0 Å². The lowest BCUT2D eigenvalue weighted by Gasteiger charge is -2.31. The first-order valence-corrected chi connectivity index (χ1v) is 10.5. The van der Waals surface area contributed by atoms with Crippen LogP contribution in [0.25, 0.3) is 10.9 Å². The van der Waals surface area contributed by atoms with Gasteiger partial charge in [0.05, 0.1) is 0 Å². The summed E-state index contributed by atoms with van der Waals surface area (Å²) in [6, 6.07) is 12.0. The van der Waals surface area contributed by atoms with Crippen molar-refractivity contribution in [1.82, 2.24) is 9.29 Å². The van der Waals surface area contributed by atoms with E-state index in [1.54, 1.807) is 16.4 Å². The summed E-state index contributed by atoms with van der Waals surface area (Å²) in [4.78, 5) is 3.48. The number of nitrogens with one attached hydrogen (secondary N) is 1. The number of benzene rings is 1. The molecule has 126 valence electrons. The van der Waals surface area contributed by atoms with Crippen molar-refractivity contribution >= 4 is 32.3 Å². The van der Waals surface area contributed by atoms with E-state index >= 15 is 0 Å². The molecule has 1 unspecified atom stereocenters. The lowest BCUT2D eigenvalue weighted by molar-refractivity contribution is 0.314. The number of rotatable bonds is 3. The molecule has 0 amide bonds. The molecule has 0 bridgehead atoms. The highest BCUT2D eigenvalue weighted by Gasteiger charge is 2.32. The van der Waals surface area contributed by atoms with Gasteiger partial charge < -0.3 is 4.98 Å². The van der Waals surface area contributed by atoms with E-state index in [0.717, 1.165) is 24.1 Å². The van der Waals surface area contributed by atoms with Gasteiger partial charge in [0, 0.05) is 30.2 Å². The van der Waals surface area contributed by atoms with Gasteiger partial charge in [0.1, 0.15) is 4.21 Å². The largest absolute Gasteiger partial charge is 0.358 e. The minimum absolute atomic E-state index is 0.223. The third kappa shape index (κ3) is 2.79. The van der Waals surface area contributed by atoms with Crippen molar-refractivity contribution in [2.75, 3.05) is 13.1 Å². The topological polar surface area (TPSA) is 53.2 Å². The van der Waals surface area contributed by atoms with Crippen LogP contribution in [0.15, 0.2) is 46.0 Å². The van der Waals surface area contributed by atoms with Crippen LogP contribution in [-0.2, 0) is 10.0 Å². The number of fused-ring (bicyclic) bond motifs is 1. The van der Waals surface area contributed by atoms with E-state index in [0.29, 0.717) is 17.3 Å². The predicted octanol–water partition coefficient (Wildman–Crippen LogP) is 4.11. The van der Waals surface area contributed by atoms with Crippen LogP contribution < -0.4 is 0 Å². The molecule has 1 atom stereocenters. The van der Waals surface area contributed by atoms with E-state index in [1.807, 2.05) is 5.38 Å². The zero-order valence-electron chi connectivity index (χ0n) is 13.5. The number of aromatic nitrogens is 1. The molecule has 4 rings (SSSR count). The second-order valence-electron chi connectivity index (χ2n) is 6.45. The normalized spacial score (nSPS) is 19.8. The Balaban J connectivity index is 1.62. The fourth-order valence-electron chi connectivity index (χ4n) is 3.45. The van der Waals surface area contributed by atoms with Gasteiger partial charge in [0.15, 0.2) is 0 Å². The van der Waals surface area contributed by atoms with Gasteiger partial charge in [-0.2, -0.15) is 4.31 Å². The quantitative estimate of drug-likeness (QED) is 0.764. The maximum absolute atomic E-state index is 12.8. The molecule has 0 saturated carbocycles. The summed E-state index contributed by atoms with van der Waals surface area (Å²) in [7, 11) is -3.36. The van der Waals surface area contributed by atoms with Gasteiger partial charge in [-0.25, -0.2) is 8.42 Å². The Hall–Kier alpha value is -1.63. The highest BCUT2D eigenvalue weighted by atomic mass is 32.2. The van der Waals surface area contributed by atoms with E-state index in [4.69, 9.17) is 0 Å².